The molecule has 2 unspecified atom stereocenters. The third-order valence-corrected chi connectivity index (χ3v) is 5.34. The SMILES string of the molecule is Cc1c(C(=O)O)cnn1-c1ccc(C(=O)N2CCOC3CCCC32)cc1. The summed E-state index contributed by atoms with van der Waals surface area (Å²) in [5.74, 6) is -0.973. The van der Waals surface area contributed by atoms with Crippen LogP contribution in [0.3, 0.4) is 0 Å². The number of hydrogen-bond donors (Lipinski definition) is 1. The number of carboxylic acid groups (broad SMARTS) is 1. The number of morpholine rings is 1. The Morgan fingerprint density at radius 1 is 1.23 bits per heavy atom. The van der Waals surface area contributed by atoms with Gasteiger partial charge in [0.1, 0.15) is 5.56 Å². The summed E-state index contributed by atoms with van der Waals surface area (Å²) in [4.78, 5) is 26.0. The Morgan fingerprint density at radius 3 is 2.69 bits per heavy atom. The molecule has 1 N–H and O–H groups in total. The van der Waals surface area contributed by atoms with Crippen LogP contribution in [-0.4, -0.2) is 57.0 Å². The lowest BCUT2D eigenvalue weighted by atomic mass is 10.1. The molecule has 7 heteroatoms. The van der Waals surface area contributed by atoms with Gasteiger partial charge in [-0.3, -0.25) is 4.79 Å². The molecule has 1 saturated carbocycles. The van der Waals surface area contributed by atoms with Gasteiger partial charge in [-0.25, -0.2) is 9.48 Å². The highest BCUT2D eigenvalue weighted by Crippen LogP contribution is 2.30. The van der Waals surface area contributed by atoms with Crippen LogP contribution in [0.2, 0.25) is 0 Å². The summed E-state index contributed by atoms with van der Waals surface area (Å²) in [6.07, 6.45) is 4.64. The van der Waals surface area contributed by atoms with Crippen LogP contribution in [0, 0.1) is 6.92 Å². The fraction of sp³-hybridized carbons (Fsp3) is 0.421. The van der Waals surface area contributed by atoms with Crippen molar-refractivity contribution in [1.29, 1.82) is 0 Å². The van der Waals surface area contributed by atoms with E-state index >= 15 is 0 Å². The third kappa shape index (κ3) is 2.78. The Morgan fingerprint density at radius 2 is 2.00 bits per heavy atom. The number of carbonyl (C=O) groups is 2. The van der Waals surface area contributed by atoms with Crippen LogP contribution in [0.15, 0.2) is 30.5 Å². The van der Waals surface area contributed by atoms with E-state index in [1.807, 2.05) is 4.90 Å². The van der Waals surface area contributed by atoms with Crippen molar-refractivity contribution in [2.75, 3.05) is 13.2 Å². The van der Waals surface area contributed by atoms with E-state index in [4.69, 9.17) is 9.84 Å². The molecule has 7 nitrogen and oxygen atoms in total. The molecule has 26 heavy (non-hydrogen) atoms. The predicted octanol–water partition coefficient (Wildman–Crippen LogP) is 2.27. The van der Waals surface area contributed by atoms with Gasteiger partial charge in [-0.1, -0.05) is 0 Å². The second-order valence-electron chi connectivity index (χ2n) is 6.81. The number of benzene rings is 1. The number of hydrogen-bond acceptors (Lipinski definition) is 4. The zero-order valence-corrected chi connectivity index (χ0v) is 14.6. The van der Waals surface area contributed by atoms with Gasteiger partial charge in [0.25, 0.3) is 5.91 Å². The first-order chi connectivity index (χ1) is 12.6. The summed E-state index contributed by atoms with van der Waals surface area (Å²) in [6, 6.07) is 7.33. The number of ether oxygens (including phenoxy) is 1. The number of aromatic carboxylic acids is 1. The molecule has 0 bridgehead atoms. The second kappa shape index (κ2) is 6.57. The molecule has 2 aromatic rings. The maximum Gasteiger partial charge on any atom is 0.339 e. The highest BCUT2D eigenvalue weighted by molar-refractivity contribution is 5.94. The zero-order chi connectivity index (χ0) is 18.3. The van der Waals surface area contributed by atoms with Gasteiger partial charge in [0.15, 0.2) is 0 Å². The fourth-order valence-electron chi connectivity index (χ4n) is 3.97. The maximum absolute atomic E-state index is 12.9. The predicted molar refractivity (Wildman–Crippen MR) is 93.7 cm³/mol. The van der Waals surface area contributed by atoms with Crippen LogP contribution < -0.4 is 0 Å². The topological polar surface area (TPSA) is 84.7 Å². The summed E-state index contributed by atoms with van der Waals surface area (Å²) in [6.45, 7) is 2.93. The largest absolute Gasteiger partial charge is 0.478 e. The number of carbonyl (C=O) groups excluding carboxylic acids is 1. The van der Waals surface area contributed by atoms with Crippen LogP contribution in [-0.2, 0) is 4.74 Å². The Balaban J connectivity index is 1.56. The summed E-state index contributed by atoms with van der Waals surface area (Å²) in [5, 5.41) is 13.3. The Hall–Kier alpha value is -2.67. The van der Waals surface area contributed by atoms with E-state index in [0.29, 0.717) is 24.4 Å². The van der Waals surface area contributed by atoms with Crippen LogP contribution in [0.4, 0.5) is 0 Å². The molecule has 1 aliphatic carbocycles. The molecule has 1 aliphatic heterocycles. The summed E-state index contributed by atoms with van der Waals surface area (Å²) >= 11 is 0. The summed E-state index contributed by atoms with van der Waals surface area (Å²) in [7, 11) is 0. The molecule has 2 atom stereocenters. The molecule has 136 valence electrons. The number of aromatic nitrogens is 2. The monoisotopic (exact) mass is 355 g/mol. The number of nitrogens with zero attached hydrogens (tertiary/aromatic N) is 3. The first-order valence-electron chi connectivity index (χ1n) is 8.87. The molecule has 0 spiro atoms. The van der Waals surface area contributed by atoms with Gasteiger partial charge in [0, 0.05) is 12.1 Å². The molecule has 2 heterocycles. The van der Waals surface area contributed by atoms with Crippen molar-refractivity contribution in [2.24, 2.45) is 0 Å². The van der Waals surface area contributed by atoms with Gasteiger partial charge in [0.2, 0.25) is 0 Å². The maximum atomic E-state index is 12.9. The van der Waals surface area contributed by atoms with E-state index in [0.717, 1.165) is 24.9 Å². The lowest BCUT2D eigenvalue weighted by molar-refractivity contribution is -0.0445. The highest BCUT2D eigenvalue weighted by atomic mass is 16.5. The van der Waals surface area contributed by atoms with Crippen molar-refractivity contribution in [2.45, 2.75) is 38.3 Å². The van der Waals surface area contributed by atoms with E-state index in [1.165, 1.54) is 6.20 Å². The molecule has 1 saturated heterocycles. The van der Waals surface area contributed by atoms with Crippen LogP contribution in [0.5, 0.6) is 0 Å². The minimum absolute atomic E-state index is 0.0279. The molecule has 1 amide bonds. The van der Waals surface area contributed by atoms with Crippen molar-refractivity contribution >= 4 is 11.9 Å². The first-order valence-corrected chi connectivity index (χ1v) is 8.87. The summed E-state index contributed by atoms with van der Waals surface area (Å²) < 4.78 is 7.35. The number of rotatable bonds is 3. The lowest BCUT2D eigenvalue weighted by Crippen LogP contribution is -2.51. The Bertz CT molecular complexity index is 843. The molecule has 2 aliphatic rings. The molecule has 1 aromatic heterocycles. The van der Waals surface area contributed by atoms with Crippen LogP contribution >= 0.6 is 0 Å². The average molecular weight is 355 g/mol. The van der Waals surface area contributed by atoms with Gasteiger partial charge >= 0.3 is 5.97 Å². The van der Waals surface area contributed by atoms with E-state index in [1.54, 1.807) is 35.9 Å². The molecule has 4 rings (SSSR count). The van der Waals surface area contributed by atoms with Crippen molar-refractivity contribution in [3.05, 3.63) is 47.3 Å². The normalized spacial score (nSPS) is 22.3. The number of fused-ring (bicyclic) bond motifs is 1. The highest BCUT2D eigenvalue weighted by Gasteiger charge is 2.38. The average Bonchev–Trinajstić information content (AvgIpc) is 3.27. The minimum atomic E-state index is -1.00. The number of amides is 1. The van der Waals surface area contributed by atoms with Crippen molar-refractivity contribution in [3.8, 4) is 5.69 Å². The standard InChI is InChI=1S/C19H21N3O4/c1-12-15(19(24)25)11-20-22(12)14-7-5-13(6-8-14)18(23)21-9-10-26-17-4-2-3-16(17)21/h5-8,11,16-17H,2-4,9-10H2,1H3,(H,24,25). The van der Waals surface area contributed by atoms with Gasteiger partial charge in [0.05, 0.1) is 36.3 Å². The lowest BCUT2D eigenvalue weighted by Gasteiger charge is -2.37. The van der Waals surface area contributed by atoms with E-state index in [9.17, 15) is 9.59 Å². The van der Waals surface area contributed by atoms with Gasteiger partial charge in [-0.2, -0.15) is 5.10 Å². The van der Waals surface area contributed by atoms with Crippen LogP contribution in [0.1, 0.15) is 45.7 Å². The quantitative estimate of drug-likeness (QED) is 0.913. The first kappa shape index (κ1) is 16.8. The molecule has 1 aromatic carbocycles. The molecule has 0 radical (unpaired) electrons. The Labute approximate surface area is 151 Å². The van der Waals surface area contributed by atoms with Crippen molar-refractivity contribution in [3.63, 3.8) is 0 Å². The van der Waals surface area contributed by atoms with Crippen molar-refractivity contribution < 1.29 is 19.4 Å². The van der Waals surface area contributed by atoms with Gasteiger partial charge in [-0.15, -0.1) is 0 Å². The third-order valence-electron chi connectivity index (χ3n) is 5.34. The second-order valence-corrected chi connectivity index (χ2v) is 6.81. The molecular formula is C19H21N3O4. The van der Waals surface area contributed by atoms with Gasteiger partial charge in [-0.05, 0) is 50.5 Å². The van der Waals surface area contributed by atoms with Gasteiger partial charge < -0.3 is 14.7 Å². The number of carboxylic acids is 1. The van der Waals surface area contributed by atoms with E-state index in [2.05, 4.69) is 5.10 Å². The van der Waals surface area contributed by atoms with Crippen molar-refractivity contribution in [1.82, 2.24) is 14.7 Å². The summed E-state index contributed by atoms with van der Waals surface area (Å²) in [5.41, 5.74) is 2.08. The van der Waals surface area contributed by atoms with E-state index in [-0.39, 0.29) is 23.6 Å². The molecule has 2 fully saturated rings. The minimum Gasteiger partial charge on any atom is -0.478 e. The van der Waals surface area contributed by atoms with E-state index < -0.39 is 5.97 Å². The smallest absolute Gasteiger partial charge is 0.339 e. The zero-order valence-electron chi connectivity index (χ0n) is 14.6. The van der Waals surface area contributed by atoms with Crippen LogP contribution in [0.25, 0.3) is 5.69 Å². The molecular weight excluding hydrogens is 334 g/mol. The fourth-order valence-corrected chi connectivity index (χ4v) is 3.97. The Kier molecular flexibility index (Phi) is 4.24.